The molecular weight excluding hydrogens is 294 g/mol. The predicted molar refractivity (Wildman–Crippen MR) is 77.4 cm³/mol. The lowest BCUT2D eigenvalue weighted by molar-refractivity contribution is -0.398. The number of hydrogen-bond donors (Lipinski definition) is 0. The smallest absolute Gasteiger partial charge is 0.262 e. The first-order valence-corrected chi connectivity index (χ1v) is 6.29. The molecule has 0 aromatic heterocycles. The first kappa shape index (κ1) is 14.7. The van der Waals surface area contributed by atoms with Crippen molar-refractivity contribution in [2.24, 2.45) is 0 Å². The fourth-order valence-corrected chi connectivity index (χ4v) is 1.93. The topological polar surface area (TPSA) is 83.3 Å². The van der Waals surface area contributed by atoms with Crippen molar-refractivity contribution < 1.29 is 14.8 Å². The molecule has 0 saturated carbocycles. The minimum Gasteiger partial charge on any atom is -0.868 e. The van der Waals surface area contributed by atoms with Gasteiger partial charge in [0.2, 0.25) is 0 Å². The number of carbonyl (C=O) groups excluding carboxylic acids is 1. The molecule has 0 saturated heterocycles. The summed E-state index contributed by atoms with van der Waals surface area (Å²) in [6, 6.07) is 10.2. The molecule has 0 aliphatic rings. The molecule has 0 aliphatic heterocycles. The van der Waals surface area contributed by atoms with E-state index in [4.69, 9.17) is 11.6 Å². The second-order valence-electron chi connectivity index (χ2n) is 4.16. The van der Waals surface area contributed by atoms with Gasteiger partial charge >= 0.3 is 0 Å². The number of halogens is 1. The van der Waals surface area contributed by atoms with Crippen molar-refractivity contribution in [3.8, 4) is 5.75 Å². The fourth-order valence-electron chi connectivity index (χ4n) is 1.70. The van der Waals surface area contributed by atoms with Crippen LogP contribution in [-0.4, -0.2) is 10.7 Å². The summed E-state index contributed by atoms with van der Waals surface area (Å²) >= 11 is 5.90. The van der Waals surface area contributed by atoms with E-state index in [0.29, 0.717) is 16.1 Å². The Kier molecular flexibility index (Phi) is 4.35. The summed E-state index contributed by atoms with van der Waals surface area (Å²) < 4.78 is 0. The van der Waals surface area contributed by atoms with Crippen molar-refractivity contribution >= 4 is 29.1 Å². The van der Waals surface area contributed by atoms with Gasteiger partial charge in [0.15, 0.2) is 5.78 Å². The highest BCUT2D eigenvalue weighted by Gasteiger charge is 2.08. The maximum absolute atomic E-state index is 12.0. The Bertz CT molecular complexity index is 740. The zero-order chi connectivity index (χ0) is 15.4. The summed E-state index contributed by atoms with van der Waals surface area (Å²) in [5.41, 5.74) is 0.203. The summed E-state index contributed by atoms with van der Waals surface area (Å²) in [6.07, 6.45) is 2.66. The molecule has 2 aromatic rings. The van der Waals surface area contributed by atoms with Crippen molar-refractivity contribution in [2.75, 3.05) is 0 Å². The van der Waals surface area contributed by atoms with Crippen LogP contribution in [0.15, 0.2) is 48.5 Å². The van der Waals surface area contributed by atoms with Gasteiger partial charge in [-0.2, -0.15) is 0 Å². The third kappa shape index (κ3) is 3.46. The van der Waals surface area contributed by atoms with Crippen molar-refractivity contribution in [3.63, 3.8) is 0 Å². The van der Waals surface area contributed by atoms with E-state index in [1.807, 2.05) is 0 Å². The lowest BCUT2D eigenvalue weighted by Gasteiger charge is -2.06. The Morgan fingerprint density at radius 3 is 2.57 bits per heavy atom. The van der Waals surface area contributed by atoms with Crippen molar-refractivity contribution in [3.05, 3.63) is 74.8 Å². The summed E-state index contributed by atoms with van der Waals surface area (Å²) in [5.74, 6) is -0.996. The van der Waals surface area contributed by atoms with Gasteiger partial charge in [-0.3, -0.25) is 14.9 Å². The molecule has 2 rings (SSSR count). The minimum absolute atomic E-state index is 0.325. The van der Waals surface area contributed by atoms with Crippen LogP contribution in [0.1, 0.15) is 15.9 Å². The van der Waals surface area contributed by atoms with Crippen molar-refractivity contribution in [1.29, 1.82) is 0 Å². The molecule has 21 heavy (non-hydrogen) atoms. The highest BCUT2D eigenvalue weighted by molar-refractivity contribution is 6.34. The number of hydrogen-bond acceptors (Lipinski definition) is 4. The normalized spacial score (nSPS) is 10.7. The van der Waals surface area contributed by atoms with Crippen LogP contribution >= 0.6 is 11.6 Å². The second-order valence-corrected chi connectivity index (χ2v) is 4.57. The monoisotopic (exact) mass is 302 g/mol. The average Bonchev–Trinajstić information content (AvgIpc) is 2.46. The third-order valence-corrected chi connectivity index (χ3v) is 3.08. The molecule has 0 fully saturated rings. The lowest BCUT2D eigenvalue weighted by Crippen LogP contribution is -1.98. The number of benzene rings is 2. The van der Waals surface area contributed by atoms with Gasteiger partial charge in [-0.15, -0.1) is 0 Å². The first-order chi connectivity index (χ1) is 9.99. The molecule has 6 heteroatoms. The van der Waals surface area contributed by atoms with E-state index in [1.54, 1.807) is 24.3 Å². The Labute approximate surface area is 125 Å². The first-order valence-electron chi connectivity index (χ1n) is 5.91. The molecule has 0 heterocycles. The van der Waals surface area contributed by atoms with E-state index in [9.17, 15) is 20.0 Å². The summed E-state index contributed by atoms with van der Waals surface area (Å²) in [5, 5.41) is 22.3. The van der Waals surface area contributed by atoms with Gasteiger partial charge in [-0.05, 0) is 29.5 Å². The summed E-state index contributed by atoms with van der Waals surface area (Å²) in [6.45, 7) is 0. The molecule has 0 amide bonds. The Balaban J connectivity index is 2.26. The van der Waals surface area contributed by atoms with Gasteiger partial charge in [0, 0.05) is 11.6 Å². The molecule has 0 bridgehead atoms. The number of nitrogens with zero attached hydrogens (tertiary/aromatic N) is 1. The van der Waals surface area contributed by atoms with Gasteiger partial charge in [-0.25, -0.2) is 0 Å². The van der Waals surface area contributed by atoms with E-state index < -0.39 is 16.4 Å². The van der Waals surface area contributed by atoms with Crippen LogP contribution in [0, 0.1) is 10.1 Å². The molecule has 0 aliphatic carbocycles. The Hall–Kier alpha value is -2.66. The van der Waals surface area contributed by atoms with E-state index in [-0.39, 0.29) is 5.78 Å². The zero-order valence-electron chi connectivity index (χ0n) is 10.7. The number of ketones is 1. The highest BCUT2D eigenvalue weighted by atomic mass is 35.5. The van der Waals surface area contributed by atoms with Crippen LogP contribution in [0.25, 0.3) is 6.08 Å². The maximum atomic E-state index is 12.0. The van der Waals surface area contributed by atoms with E-state index in [1.165, 1.54) is 18.2 Å². The molecule has 0 spiro atoms. The van der Waals surface area contributed by atoms with Crippen molar-refractivity contribution in [1.82, 2.24) is 0 Å². The Morgan fingerprint density at radius 1 is 1.19 bits per heavy atom. The number of allylic oxidation sites excluding steroid dienone is 1. The standard InChI is InChI=1S/C15H10ClNO4/c16-12-4-2-1-3-11(12)14(18)7-5-10-6-8-15(19)13(9-10)17(20)21/h1-9,19H/p-1/b7-5+. The van der Waals surface area contributed by atoms with Gasteiger partial charge in [0.1, 0.15) is 0 Å². The van der Waals surface area contributed by atoms with Gasteiger partial charge in [-0.1, -0.05) is 41.9 Å². The van der Waals surface area contributed by atoms with Crippen LogP contribution in [0.2, 0.25) is 5.02 Å². The second kappa shape index (κ2) is 6.19. The predicted octanol–water partition coefficient (Wildman–Crippen LogP) is 3.22. The SMILES string of the molecule is O=C(/C=C/c1ccc([O-])c([N+](=O)[O-])c1)c1ccccc1Cl. The summed E-state index contributed by atoms with van der Waals surface area (Å²) in [4.78, 5) is 21.9. The van der Waals surface area contributed by atoms with Gasteiger partial charge in [0.05, 0.1) is 9.95 Å². The molecule has 5 nitrogen and oxygen atoms in total. The molecule has 106 valence electrons. The van der Waals surface area contributed by atoms with Gasteiger partial charge in [0.25, 0.3) is 5.69 Å². The zero-order valence-corrected chi connectivity index (χ0v) is 11.4. The quantitative estimate of drug-likeness (QED) is 0.376. The van der Waals surface area contributed by atoms with Crippen LogP contribution in [0.4, 0.5) is 5.69 Å². The summed E-state index contributed by atoms with van der Waals surface area (Å²) in [7, 11) is 0. The number of rotatable bonds is 4. The Morgan fingerprint density at radius 2 is 1.90 bits per heavy atom. The fraction of sp³-hybridized carbons (Fsp3) is 0. The molecule has 2 aromatic carbocycles. The number of nitro groups is 1. The van der Waals surface area contributed by atoms with Crippen LogP contribution < -0.4 is 5.11 Å². The molecule has 0 atom stereocenters. The van der Waals surface area contributed by atoms with Crippen molar-refractivity contribution in [2.45, 2.75) is 0 Å². The van der Waals surface area contributed by atoms with Crippen LogP contribution in [0.5, 0.6) is 5.75 Å². The minimum atomic E-state index is -0.754. The van der Waals surface area contributed by atoms with E-state index >= 15 is 0 Å². The molecule has 0 unspecified atom stereocenters. The van der Waals surface area contributed by atoms with Crippen LogP contribution in [-0.2, 0) is 0 Å². The molecular formula is C15H9ClNO4-. The lowest BCUT2D eigenvalue weighted by atomic mass is 10.1. The van der Waals surface area contributed by atoms with E-state index in [2.05, 4.69) is 0 Å². The molecule has 0 N–H and O–H groups in total. The van der Waals surface area contributed by atoms with Gasteiger partial charge < -0.3 is 5.11 Å². The van der Waals surface area contributed by atoms with Crippen LogP contribution in [0.3, 0.4) is 0 Å². The maximum Gasteiger partial charge on any atom is 0.262 e. The molecule has 0 radical (unpaired) electrons. The highest BCUT2D eigenvalue weighted by Crippen LogP contribution is 2.24. The number of carbonyl (C=O) groups is 1. The third-order valence-electron chi connectivity index (χ3n) is 2.75. The average molecular weight is 303 g/mol. The number of nitro benzene ring substituents is 1. The largest absolute Gasteiger partial charge is 0.868 e. The van der Waals surface area contributed by atoms with E-state index in [0.717, 1.165) is 12.1 Å².